The molecular weight excluding hydrogens is 254 g/mol. The van der Waals surface area contributed by atoms with Crippen molar-refractivity contribution in [1.82, 2.24) is 16.2 Å². The molecule has 1 aliphatic heterocycles. The minimum atomic E-state index is -0.290. The Bertz CT molecular complexity index is 497. The summed E-state index contributed by atoms with van der Waals surface area (Å²) in [6.07, 6.45) is 2.15. The van der Waals surface area contributed by atoms with Crippen LogP contribution in [0.3, 0.4) is 0 Å². The van der Waals surface area contributed by atoms with Crippen LogP contribution in [0.4, 0.5) is 0 Å². The van der Waals surface area contributed by atoms with E-state index in [2.05, 4.69) is 16.2 Å². The highest BCUT2D eigenvalue weighted by Crippen LogP contribution is 2.09. The van der Waals surface area contributed by atoms with Gasteiger partial charge in [-0.05, 0) is 30.7 Å². The minimum absolute atomic E-state index is 0.108. The summed E-state index contributed by atoms with van der Waals surface area (Å²) in [5.41, 5.74) is 6.20. The van der Waals surface area contributed by atoms with Gasteiger partial charge in [-0.2, -0.15) is 0 Å². The molecule has 18 heavy (non-hydrogen) atoms. The SMILES string of the molecule is O=C1NCCC1=CNNC(=O)c1ccc(Cl)cc1. The van der Waals surface area contributed by atoms with Crippen LogP contribution in [0.1, 0.15) is 16.8 Å². The Morgan fingerprint density at radius 1 is 1.33 bits per heavy atom. The highest BCUT2D eigenvalue weighted by molar-refractivity contribution is 6.30. The zero-order valence-electron chi connectivity index (χ0n) is 9.50. The lowest BCUT2D eigenvalue weighted by Crippen LogP contribution is -2.34. The molecule has 6 heteroatoms. The maximum Gasteiger partial charge on any atom is 0.269 e. The fraction of sp³-hybridized carbons (Fsp3) is 0.167. The molecule has 3 N–H and O–H groups in total. The van der Waals surface area contributed by atoms with Gasteiger partial charge in [-0.3, -0.25) is 15.0 Å². The van der Waals surface area contributed by atoms with Gasteiger partial charge in [0.1, 0.15) is 0 Å². The molecule has 1 aliphatic rings. The van der Waals surface area contributed by atoms with Crippen molar-refractivity contribution in [3.8, 4) is 0 Å². The first-order valence-electron chi connectivity index (χ1n) is 5.45. The summed E-state index contributed by atoms with van der Waals surface area (Å²) >= 11 is 5.72. The summed E-state index contributed by atoms with van der Waals surface area (Å²) in [6, 6.07) is 6.52. The average molecular weight is 266 g/mol. The van der Waals surface area contributed by atoms with E-state index in [1.54, 1.807) is 24.3 Å². The van der Waals surface area contributed by atoms with Crippen molar-refractivity contribution in [1.29, 1.82) is 0 Å². The number of rotatable bonds is 3. The molecule has 1 fully saturated rings. The van der Waals surface area contributed by atoms with Gasteiger partial charge in [-0.1, -0.05) is 11.6 Å². The summed E-state index contributed by atoms with van der Waals surface area (Å²) < 4.78 is 0. The molecule has 1 aromatic rings. The summed E-state index contributed by atoms with van der Waals surface area (Å²) in [7, 11) is 0. The van der Waals surface area contributed by atoms with E-state index in [-0.39, 0.29) is 11.8 Å². The van der Waals surface area contributed by atoms with Gasteiger partial charge in [-0.15, -0.1) is 0 Å². The predicted molar refractivity (Wildman–Crippen MR) is 67.8 cm³/mol. The summed E-state index contributed by atoms with van der Waals surface area (Å²) in [6.45, 7) is 0.636. The van der Waals surface area contributed by atoms with E-state index in [1.165, 1.54) is 6.20 Å². The van der Waals surface area contributed by atoms with Gasteiger partial charge >= 0.3 is 0 Å². The molecule has 0 atom stereocenters. The average Bonchev–Trinajstić information content (AvgIpc) is 2.76. The predicted octanol–water partition coefficient (Wildman–Crippen LogP) is 0.978. The van der Waals surface area contributed by atoms with Crippen LogP contribution in [0.15, 0.2) is 36.0 Å². The first kappa shape index (κ1) is 12.4. The van der Waals surface area contributed by atoms with Gasteiger partial charge < -0.3 is 10.7 Å². The Hall–Kier alpha value is -2.01. The lowest BCUT2D eigenvalue weighted by atomic mass is 10.2. The number of nitrogens with one attached hydrogen (secondary N) is 3. The van der Waals surface area contributed by atoms with Crippen LogP contribution in [-0.4, -0.2) is 18.4 Å². The molecule has 0 bridgehead atoms. The second-order valence-electron chi connectivity index (χ2n) is 3.78. The molecule has 1 saturated heterocycles. The van der Waals surface area contributed by atoms with E-state index in [0.717, 1.165) is 0 Å². The van der Waals surface area contributed by atoms with Crippen LogP contribution in [-0.2, 0) is 4.79 Å². The molecule has 2 rings (SSSR count). The number of hydrogen-bond acceptors (Lipinski definition) is 3. The highest BCUT2D eigenvalue weighted by Gasteiger charge is 2.15. The smallest absolute Gasteiger partial charge is 0.269 e. The van der Waals surface area contributed by atoms with Gasteiger partial charge in [0.05, 0.1) is 0 Å². The van der Waals surface area contributed by atoms with Crippen LogP contribution >= 0.6 is 11.6 Å². The molecule has 2 amide bonds. The minimum Gasteiger partial charge on any atom is -0.352 e. The van der Waals surface area contributed by atoms with Crippen molar-refractivity contribution in [3.63, 3.8) is 0 Å². The maximum absolute atomic E-state index is 11.7. The third kappa shape index (κ3) is 3.01. The standard InChI is InChI=1S/C12H12ClN3O2/c13-10-3-1-8(2-4-10)12(18)16-15-7-9-5-6-14-11(9)17/h1-4,7,15H,5-6H2,(H,14,17)(H,16,18). The number of hydrogen-bond donors (Lipinski definition) is 3. The van der Waals surface area contributed by atoms with Crippen LogP contribution < -0.4 is 16.2 Å². The normalized spacial score (nSPS) is 16.5. The van der Waals surface area contributed by atoms with Crippen molar-refractivity contribution in [3.05, 3.63) is 46.6 Å². The molecule has 0 spiro atoms. The number of halogens is 1. The van der Waals surface area contributed by atoms with Gasteiger partial charge in [0.15, 0.2) is 0 Å². The molecule has 0 saturated carbocycles. The van der Waals surface area contributed by atoms with E-state index in [1.807, 2.05) is 0 Å². The molecule has 0 aromatic heterocycles. The van der Waals surface area contributed by atoms with Crippen molar-refractivity contribution in [2.45, 2.75) is 6.42 Å². The Kier molecular flexibility index (Phi) is 3.84. The van der Waals surface area contributed by atoms with Crippen molar-refractivity contribution >= 4 is 23.4 Å². The molecule has 5 nitrogen and oxygen atoms in total. The largest absolute Gasteiger partial charge is 0.352 e. The van der Waals surface area contributed by atoms with Gasteiger partial charge in [0.25, 0.3) is 5.91 Å². The van der Waals surface area contributed by atoms with Crippen LogP contribution in [0, 0.1) is 0 Å². The molecule has 1 heterocycles. The third-order valence-electron chi connectivity index (χ3n) is 2.51. The van der Waals surface area contributed by atoms with E-state index < -0.39 is 0 Å². The molecule has 94 valence electrons. The van der Waals surface area contributed by atoms with E-state index in [9.17, 15) is 9.59 Å². The topological polar surface area (TPSA) is 70.2 Å². The van der Waals surface area contributed by atoms with E-state index in [4.69, 9.17) is 11.6 Å². The Morgan fingerprint density at radius 2 is 2.06 bits per heavy atom. The zero-order chi connectivity index (χ0) is 13.0. The fourth-order valence-electron chi connectivity index (χ4n) is 1.54. The fourth-order valence-corrected chi connectivity index (χ4v) is 1.66. The Labute approximate surface area is 109 Å². The Morgan fingerprint density at radius 3 is 2.67 bits per heavy atom. The lowest BCUT2D eigenvalue weighted by Gasteiger charge is -2.05. The summed E-state index contributed by atoms with van der Waals surface area (Å²) in [5.74, 6) is -0.398. The van der Waals surface area contributed by atoms with Crippen molar-refractivity contribution in [2.24, 2.45) is 0 Å². The first-order chi connectivity index (χ1) is 8.66. The van der Waals surface area contributed by atoms with E-state index >= 15 is 0 Å². The third-order valence-corrected chi connectivity index (χ3v) is 2.76. The van der Waals surface area contributed by atoms with Gasteiger partial charge in [0.2, 0.25) is 5.91 Å². The number of carbonyl (C=O) groups is 2. The molecule has 0 aliphatic carbocycles. The van der Waals surface area contributed by atoms with Crippen LogP contribution in [0.25, 0.3) is 0 Å². The van der Waals surface area contributed by atoms with Gasteiger partial charge in [-0.25, -0.2) is 0 Å². The second-order valence-corrected chi connectivity index (χ2v) is 4.22. The number of hydrazine groups is 1. The monoisotopic (exact) mass is 265 g/mol. The van der Waals surface area contributed by atoms with Crippen molar-refractivity contribution < 1.29 is 9.59 Å². The second kappa shape index (κ2) is 5.55. The molecule has 0 unspecified atom stereocenters. The van der Waals surface area contributed by atoms with E-state index in [0.29, 0.717) is 29.1 Å². The number of amides is 2. The number of carbonyl (C=O) groups excluding carboxylic acids is 2. The van der Waals surface area contributed by atoms with Crippen LogP contribution in [0.2, 0.25) is 5.02 Å². The molecule has 1 aromatic carbocycles. The quantitative estimate of drug-likeness (QED) is 0.564. The Balaban J connectivity index is 1.89. The van der Waals surface area contributed by atoms with Crippen molar-refractivity contribution in [2.75, 3.05) is 6.54 Å². The summed E-state index contributed by atoms with van der Waals surface area (Å²) in [4.78, 5) is 22.9. The molecular formula is C12H12ClN3O2. The lowest BCUT2D eigenvalue weighted by molar-refractivity contribution is -0.116. The highest BCUT2D eigenvalue weighted by atomic mass is 35.5. The molecule has 0 radical (unpaired) electrons. The van der Waals surface area contributed by atoms with Crippen LogP contribution in [0.5, 0.6) is 0 Å². The van der Waals surface area contributed by atoms with Gasteiger partial charge in [0, 0.05) is 28.9 Å². The first-order valence-corrected chi connectivity index (χ1v) is 5.83. The zero-order valence-corrected chi connectivity index (χ0v) is 10.3. The number of benzene rings is 1. The summed E-state index contributed by atoms with van der Waals surface area (Å²) in [5, 5.41) is 3.24. The maximum atomic E-state index is 11.7.